The number of fused-ring (bicyclic) bond motifs is 1. The lowest BCUT2D eigenvalue weighted by Crippen LogP contribution is -2.32. The molecule has 2 aliphatic rings. The van der Waals surface area contributed by atoms with Gasteiger partial charge in [-0.05, 0) is 43.2 Å². The average Bonchev–Trinajstić information content (AvgIpc) is 3.58. The number of hydrogen-bond acceptors (Lipinski definition) is 5. The molecular formula is C24H30N4O3. The second kappa shape index (κ2) is 9.22. The third-order valence-corrected chi connectivity index (χ3v) is 6.66. The van der Waals surface area contributed by atoms with E-state index in [-0.39, 0.29) is 11.9 Å². The number of aromatic amines is 1. The lowest BCUT2D eigenvalue weighted by atomic mass is 10.1. The predicted octanol–water partition coefficient (Wildman–Crippen LogP) is 4.21. The van der Waals surface area contributed by atoms with Crippen LogP contribution < -0.4 is 0 Å². The van der Waals surface area contributed by atoms with Crippen molar-refractivity contribution >= 4 is 16.8 Å². The number of rotatable bonds is 8. The molecule has 7 nitrogen and oxygen atoms in total. The molecule has 1 saturated heterocycles. The minimum Gasteiger partial charge on any atom is -0.381 e. The largest absolute Gasteiger partial charge is 0.381 e. The van der Waals surface area contributed by atoms with E-state index in [4.69, 9.17) is 9.26 Å². The van der Waals surface area contributed by atoms with Crippen LogP contribution in [0.25, 0.3) is 10.9 Å². The summed E-state index contributed by atoms with van der Waals surface area (Å²) < 4.78 is 11.4. The molecule has 1 aliphatic heterocycles. The Labute approximate surface area is 182 Å². The number of aromatic nitrogens is 3. The topological polar surface area (TPSA) is 84.2 Å². The van der Waals surface area contributed by atoms with E-state index in [0.717, 1.165) is 48.4 Å². The number of nitrogens with zero attached hydrogens (tertiary/aromatic N) is 3. The van der Waals surface area contributed by atoms with Gasteiger partial charge in [0, 0.05) is 36.7 Å². The van der Waals surface area contributed by atoms with Crippen molar-refractivity contribution in [3.8, 4) is 0 Å². The quantitative estimate of drug-likeness (QED) is 0.550. The minimum absolute atomic E-state index is 0.104. The van der Waals surface area contributed by atoms with E-state index in [9.17, 15) is 4.79 Å². The van der Waals surface area contributed by atoms with Crippen molar-refractivity contribution in [3.05, 3.63) is 47.7 Å². The molecule has 2 fully saturated rings. The minimum atomic E-state index is -0.127. The van der Waals surface area contributed by atoms with E-state index in [2.05, 4.69) is 21.2 Å². The first kappa shape index (κ1) is 20.2. The van der Waals surface area contributed by atoms with Gasteiger partial charge in [-0.2, -0.15) is 4.98 Å². The Hall–Kier alpha value is -2.67. The summed E-state index contributed by atoms with van der Waals surface area (Å²) in [5, 5.41) is 5.23. The highest BCUT2D eigenvalue weighted by Gasteiger charge is 2.34. The zero-order chi connectivity index (χ0) is 21.0. The second-order valence-corrected chi connectivity index (χ2v) is 8.81. The smallest absolute Gasteiger partial charge is 0.249 e. The van der Waals surface area contributed by atoms with Gasteiger partial charge in [-0.25, -0.2) is 0 Å². The van der Waals surface area contributed by atoms with Crippen molar-refractivity contribution in [1.29, 1.82) is 0 Å². The number of para-hydroxylation sites is 1. The van der Waals surface area contributed by atoms with Crippen molar-refractivity contribution in [2.75, 3.05) is 19.8 Å². The standard InChI is InChI=1S/C24H30N4O3/c29-23(14-18-15-25-20-9-4-3-8-19(18)20)28-12-5-10-21(28)24-26-22(27-31-24)11-13-30-16-17-6-1-2-7-17/h3-4,8-9,15,17,21,25H,1-2,5-7,10-14,16H2. The zero-order valence-corrected chi connectivity index (χ0v) is 17.9. The van der Waals surface area contributed by atoms with E-state index >= 15 is 0 Å². The molecule has 0 radical (unpaired) electrons. The fraction of sp³-hybridized carbons (Fsp3) is 0.542. The fourth-order valence-corrected chi connectivity index (χ4v) is 4.96. The molecule has 1 aliphatic carbocycles. The van der Waals surface area contributed by atoms with Crippen LogP contribution in [0.4, 0.5) is 0 Å². The van der Waals surface area contributed by atoms with Crippen molar-refractivity contribution < 1.29 is 14.1 Å². The lowest BCUT2D eigenvalue weighted by Gasteiger charge is -2.21. The fourth-order valence-electron chi connectivity index (χ4n) is 4.96. The number of hydrogen-bond donors (Lipinski definition) is 1. The van der Waals surface area contributed by atoms with Gasteiger partial charge in [0.2, 0.25) is 11.8 Å². The summed E-state index contributed by atoms with van der Waals surface area (Å²) in [4.78, 5) is 22.8. The van der Waals surface area contributed by atoms with Crippen molar-refractivity contribution in [2.45, 2.75) is 57.4 Å². The van der Waals surface area contributed by atoms with Crippen molar-refractivity contribution in [1.82, 2.24) is 20.0 Å². The Morgan fingerprint density at radius 1 is 1.19 bits per heavy atom. The van der Waals surface area contributed by atoms with E-state index in [1.807, 2.05) is 29.3 Å². The van der Waals surface area contributed by atoms with Crippen LogP contribution in [0.5, 0.6) is 0 Å². The van der Waals surface area contributed by atoms with Gasteiger partial charge in [0.05, 0.1) is 13.0 Å². The molecule has 5 rings (SSSR count). The highest BCUT2D eigenvalue weighted by Crippen LogP contribution is 2.32. The van der Waals surface area contributed by atoms with Crippen LogP contribution in [0.2, 0.25) is 0 Å². The molecular weight excluding hydrogens is 392 g/mol. The highest BCUT2D eigenvalue weighted by molar-refractivity contribution is 5.89. The predicted molar refractivity (Wildman–Crippen MR) is 116 cm³/mol. The summed E-state index contributed by atoms with van der Waals surface area (Å²) in [7, 11) is 0. The molecule has 0 bridgehead atoms. The van der Waals surface area contributed by atoms with Crippen molar-refractivity contribution in [3.63, 3.8) is 0 Å². The zero-order valence-electron chi connectivity index (χ0n) is 17.9. The first-order chi connectivity index (χ1) is 15.3. The van der Waals surface area contributed by atoms with Gasteiger partial charge in [-0.1, -0.05) is 36.2 Å². The number of benzene rings is 1. The Kier molecular flexibility index (Phi) is 6.02. The third-order valence-electron chi connectivity index (χ3n) is 6.66. The van der Waals surface area contributed by atoms with Crippen LogP contribution in [-0.2, 0) is 22.4 Å². The molecule has 1 amide bonds. The number of amides is 1. The van der Waals surface area contributed by atoms with Crippen LogP contribution in [0.3, 0.4) is 0 Å². The SMILES string of the molecule is O=C(Cc1c[nH]c2ccccc12)N1CCCC1c1nc(CCOCC2CCCC2)no1. The van der Waals surface area contributed by atoms with Gasteiger partial charge in [-0.15, -0.1) is 0 Å². The van der Waals surface area contributed by atoms with Crippen LogP contribution in [0.15, 0.2) is 35.0 Å². The summed E-state index contributed by atoms with van der Waals surface area (Å²) in [6.07, 6.45) is 10.0. The number of carbonyl (C=O) groups is 1. The van der Waals surface area contributed by atoms with E-state index in [1.165, 1.54) is 25.7 Å². The summed E-state index contributed by atoms with van der Waals surface area (Å²) in [6, 6.07) is 7.95. The molecule has 1 aromatic carbocycles. The van der Waals surface area contributed by atoms with E-state index in [0.29, 0.717) is 31.2 Å². The number of nitrogens with one attached hydrogen (secondary N) is 1. The van der Waals surface area contributed by atoms with Crippen LogP contribution >= 0.6 is 0 Å². The molecule has 0 spiro atoms. The Bertz CT molecular complexity index is 1020. The first-order valence-electron chi connectivity index (χ1n) is 11.5. The summed E-state index contributed by atoms with van der Waals surface area (Å²) in [5.74, 6) is 2.04. The maximum atomic E-state index is 13.1. The summed E-state index contributed by atoms with van der Waals surface area (Å²) >= 11 is 0. The third kappa shape index (κ3) is 4.51. The maximum Gasteiger partial charge on any atom is 0.249 e. The molecule has 7 heteroatoms. The van der Waals surface area contributed by atoms with Crippen LogP contribution in [0.1, 0.15) is 61.8 Å². The van der Waals surface area contributed by atoms with Gasteiger partial charge >= 0.3 is 0 Å². The number of carbonyl (C=O) groups excluding carboxylic acids is 1. The molecule has 1 saturated carbocycles. The molecule has 2 aromatic heterocycles. The van der Waals surface area contributed by atoms with Gasteiger partial charge in [0.1, 0.15) is 6.04 Å². The van der Waals surface area contributed by atoms with Crippen molar-refractivity contribution in [2.24, 2.45) is 5.92 Å². The average molecular weight is 423 g/mol. The second-order valence-electron chi connectivity index (χ2n) is 8.81. The van der Waals surface area contributed by atoms with E-state index < -0.39 is 0 Å². The molecule has 1 unspecified atom stereocenters. The number of ether oxygens (including phenoxy) is 1. The molecule has 164 valence electrons. The molecule has 1 N–H and O–H groups in total. The van der Waals surface area contributed by atoms with E-state index in [1.54, 1.807) is 0 Å². The molecule has 31 heavy (non-hydrogen) atoms. The lowest BCUT2D eigenvalue weighted by molar-refractivity contribution is -0.131. The Morgan fingerprint density at radius 3 is 2.97 bits per heavy atom. The first-order valence-corrected chi connectivity index (χ1v) is 11.5. The van der Waals surface area contributed by atoms with Crippen LogP contribution in [0, 0.1) is 5.92 Å². The molecule has 1 atom stereocenters. The Balaban J connectivity index is 1.17. The Morgan fingerprint density at radius 2 is 2.06 bits per heavy atom. The number of likely N-dealkylation sites (tertiary alicyclic amines) is 1. The molecule has 3 aromatic rings. The summed E-state index contributed by atoms with van der Waals surface area (Å²) in [6.45, 7) is 2.18. The normalized spacial score (nSPS) is 19.6. The number of H-pyrrole nitrogens is 1. The van der Waals surface area contributed by atoms with Gasteiger partial charge in [-0.3, -0.25) is 4.79 Å². The maximum absolute atomic E-state index is 13.1. The van der Waals surface area contributed by atoms with Gasteiger partial charge in [0.25, 0.3) is 0 Å². The monoisotopic (exact) mass is 422 g/mol. The highest BCUT2D eigenvalue weighted by atomic mass is 16.5. The van der Waals surface area contributed by atoms with Gasteiger partial charge < -0.3 is 19.1 Å². The van der Waals surface area contributed by atoms with Gasteiger partial charge in [0.15, 0.2) is 5.82 Å². The van der Waals surface area contributed by atoms with Crippen LogP contribution in [-0.4, -0.2) is 45.7 Å². The summed E-state index contributed by atoms with van der Waals surface area (Å²) in [5.41, 5.74) is 2.08. The molecule has 3 heterocycles.